The number of anilines is 1. The average molecular weight is 313 g/mol. The highest BCUT2D eigenvalue weighted by Crippen LogP contribution is 2.09. The summed E-state index contributed by atoms with van der Waals surface area (Å²) < 4.78 is 1.32. The van der Waals surface area contributed by atoms with Gasteiger partial charge in [-0.1, -0.05) is 32.4 Å². The van der Waals surface area contributed by atoms with E-state index < -0.39 is 0 Å². The lowest BCUT2D eigenvalue weighted by molar-refractivity contribution is -0.116. The quantitative estimate of drug-likeness (QED) is 0.855. The van der Waals surface area contributed by atoms with Crippen LogP contribution in [0.3, 0.4) is 0 Å². The zero-order valence-corrected chi connectivity index (χ0v) is 13.7. The van der Waals surface area contributed by atoms with Crippen LogP contribution in [0, 0.1) is 0 Å². The van der Waals surface area contributed by atoms with Crippen molar-refractivity contribution in [2.45, 2.75) is 46.1 Å². The highest BCUT2D eigenvalue weighted by Gasteiger charge is 2.06. The van der Waals surface area contributed by atoms with Crippen molar-refractivity contribution in [3.05, 3.63) is 58.3 Å². The molecule has 0 aliphatic heterocycles. The first-order valence-corrected chi connectivity index (χ1v) is 8.06. The lowest BCUT2D eigenvalue weighted by Crippen LogP contribution is -2.27. The van der Waals surface area contributed by atoms with E-state index in [1.165, 1.54) is 22.5 Å². The highest BCUT2D eigenvalue weighted by atomic mass is 16.2. The van der Waals surface area contributed by atoms with E-state index in [2.05, 4.69) is 24.1 Å². The fourth-order valence-corrected chi connectivity index (χ4v) is 2.26. The van der Waals surface area contributed by atoms with Crippen LogP contribution in [0.4, 0.5) is 5.69 Å². The third-order valence-corrected chi connectivity index (χ3v) is 3.68. The van der Waals surface area contributed by atoms with E-state index in [1.807, 2.05) is 24.3 Å². The second-order valence-electron chi connectivity index (χ2n) is 5.55. The first-order chi connectivity index (χ1) is 11.1. The van der Waals surface area contributed by atoms with Crippen LogP contribution in [0.5, 0.6) is 0 Å². The number of aromatic nitrogens is 2. The molecule has 2 aromatic rings. The zero-order chi connectivity index (χ0) is 16.7. The lowest BCUT2D eigenvalue weighted by Gasteiger charge is -2.08. The van der Waals surface area contributed by atoms with Gasteiger partial charge in [0, 0.05) is 17.4 Å². The van der Waals surface area contributed by atoms with Crippen molar-refractivity contribution in [3.63, 3.8) is 0 Å². The Morgan fingerprint density at radius 1 is 1.22 bits per heavy atom. The Bertz CT molecular complexity index is 705. The molecule has 1 amide bonds. The number of hydrogen-bond donors (Lipinski definition) is 1. The van der Waals surface area contributed by atoms with Gasteiger partial charge >= 0.3 is 0 Å². The van der Waals surface area contributed by atoms with Crippen molar-refractivity contribution >= 4 is 11.6 Å². The molecular formula is C18H23N3O2. The molecule has 0 saturated carbocycles. The molecule has 2 rings (SSSR count). The highest BCUT2D eigenvalue weighted by molar-refractivity contribution is 5.90. The van der Waals surface area contributed by atoms with Crippen molar-refractivity contribution in [1.29, 1.82) is 0 Å². The molecule has 0 bridgehead atoms. The van der Waals surface area contributed by atoms with Crippen LogP contribution in [-0.2, 0) is 24.2 Å². The third-order valence-electron chi connectivity index (χ3n) is 3.68. The summed E-state index contributed by atoms with van der Waals surface area (Å²) in [7, 11) is 0. The molecule has 122 valence electrons. The Balaban J connectivity index is 1.97. The molecule has 1 N–H and O–H groups in total. The van der Waals surface area contributed by atoms with E-state index >= 15 is 0 Å². The minimum atomic E-state index is -0.237. The standard InChI is InChI=1S/C18H23N3O2/c1-3-5-6-16-11-18(23)21(13-19-16)12-17(22)20-15-9-7-14(4-2)8-10-15/h7-11,13H,3-6,12H2,1-2H3,(H,20,22). The number of amides is 1. The molecule has 0 saturated heterocycles. The number of carbonyl (C=O) groups excluding carboxylic acids is 1. The SMILES string of the molecule is CCCCc1cc(=O)n(CC(=O)Nc2ccc(CC)cc2)cn1. The van der Waals surface area contributed by atoms with Gasteiger partial charge in [0.1, 0.15) is 6.54 Å². The molecule has 0 unspecified atom stereocenters. The summed E-state index contributed by atoms with van der Waals surface area (Å²) in [6, 6.07) is 9.20. The smallest absolute Gasteiger partial charge is 0.253 e. The molecule has 0 radical (unpaired) electrons. The molecule has 1 aromatic carbocycles. The Hall–Kier alpha value is -2.43. The molecule has 1 aromatic heterocycles. The van der Waals surface area contributed by atoms with E-state index in [1.54, 1.807) is 0 Å². The van der Waals surface area contributed by atoms with E-state index in [-0.39, 0.29) is 18.0 Å². The van der Waals surface area contributed by atoms with Gasteiger partial charge < -0.3 is 5.32 Å². The number of nitrogens with zero attached hydrogens (tertiary/aromatic N) is 2. The maximum absolute atomic E-state index is 12.0. The Morgan fingerprint density at radius 2 is 1.96 bits per heavy atom. The normalized spacial score (nSPS) is 10.5. The van der Waals surface area contributed by atoms with Gasteiger partial charge in [0.15, 0.2) is 0 Å². The minimum absolute atomic E-state index is 0.0323. The van der Waals surface area contributed by atoms with Crippen LogP contribution in [0.2, 0.25) is 0 Å². The largest absolute Gasteiger partial charge is 0.325 e. The Morgan fingerprint density at radius 3 is 2.57 bits per heavy atom. The summed E-state index contributed by atoms with van der Waals surface area (Å²) in [6.07, 6.45) is 5.27. The molecular weight excluding hydrogens is 290 g/mol. The fourth-order valence-electron chi connectivity index (χ4n) is 2.26. The lowest BCUT2D eigenvalue weighted by atomic mass is 10.1. The Labute approximate surface area is 136 Å². The molecule has 5 nitrogen and oxygen atoms in total. The number of carbonyl (C=O) groups is 1. The van der Waals surface area contributed by atoms with E-state index in [0.29, 0.717) is 0 Å². The van der Waals surface area contributed by atoms with Gasteiger partial charge in [-0.3, -0.25) is 14.2 Å². The van der Waals surface area contributed by atoms with Crippen LogP contribution in [0.25, 0.3) is 0 Å². The maximum Gasteiger partial charge on any atom is 0.253 e. The van der Waals surface area contributed by atoms with E-state index in [9.17, 15) is 9.59 Å². The van der Waals surface area contributed by atoms with Crippen LogP contribution >= 0.6 is 0 Å². The zero-order valence-electron chi connectivity index (χ0n) is 13.7. The average Bonchev–Trinajstić information content (AvgIpc) is 2.56. The van der Waals surface area contributed by atoms with Gasteiger partial charge in [0.2, 0.25) is 5.91 Å². The number of unbranched alkanes of at least 4 members (excludes halogenated alkanes) is 1. The van der Waals surface area contributed by atoms with Crippen LogP contribution in [0.1, 0.15) is 37.9 Å². The van der Waals surface area contributed by atoms with Crippen molar-refractivity contribution < 1.29 is 4.79 Å². The monoisotopic (exact) mass is 313 g/mol. The summed E-state index contributed by atoms with van der Waals surface area (Å²) in [4.78, 5) is 28.3. The van der Waals surface area contributed by atoms with Crippen LogP contribution < -0.4 is 10.9 Å². The number of nitrogens with one attached hydrogen (secondary N) is 1. The summed E-state index contributed by atoms with van der Waals surface area (Å²) >= 11 is 0. The molecule has 0 aliphatic rings. The molecule has 0 aliphatic carbocycles. The number of rotatable bonds is 7. The first-order valence-electron chi connectivity index (χ1n) is 8.06. The topological polar surface area (TPSA) is 64.0 Å². The van der Waals surface area contributed by atoms with E-state index in [4.69, 9.17) is 0 Å². The second kappa shape index (κ2) is 8.27. The van der Waals surface area contributed by atoms with Gasteiger partial charge in [-0.15, -0.1) is 0 Å². The Kier molecular flexibility index (Phi) is 6.09. The summed E-state index contributed by atoms with van der Waals surface area (Å²) in [5, 5.41) is 2.79. The van der Waals surface area contributed by atoms with Gasteiger partial charge in [0.05, 0.1) is 6.33 Å². The van der Waals surface area contributed by atoms with Crippen LogP contribution in [-0.4, -0.2) is 15.5 Å². The van der Waals surface area contributed by atoms with Crippen molar-refractivity contribution in [3.8, 4) is 0 Å². The summed E-state index contributed by atoms with van der Waals surface area (Å²) in [6.45, 7) is 4.14. The van der Waals surface area contributed by atoms with Crippen molar-refractivity contribution in [1.82, 2.24) is 9.55 Å². The van der Waals surface area contributed by atoms with Gasteiger partial charge in [0.25, 0.3) is 5.56 Å². The molecule has 0 atom stereocenters. The summed E-state index contributed by atoms with van der Waals surface area (Å²) in [5.74, 6) is -0.237. The van der Waals surface area contributed by atoms with Crippen LogP contribution in [0.15, 0.2) is 41.5 Å². The molecule has 1 heterocycles. The van der Waals surface area contributed by atoms with Gasteiger partial charge in [-0.2, -0.15) is 0 Å². The predicted octanol–water partition coefficient (Wildman–Crippen LogP) is 2.79. The van der Waals surface area contributed by atoms with Gasteiger partial charge in [-0.25, -0.2) is 4.98 Å². The minimum Gasteiger partial charge on any atom is -0.325 e. The van der Waals surface area contributed by atoms with Crippen molar-refractivity contribution in [2.24, 2.45) is 0 Å². The first kappa shape index (κ1) is 16.9. The van der Waals surface area contributed by atoms with Crippen molar-refractivity contribution in [2.75, 3.05) is 5.32 Å². The molecule has 0 fully saturated rings. The maximum atomic E-state index is 12.0. The third kappa shape index (κ3) is 5.06. The summed E-state index contributed by atoms with van der Waals surface area (Å²) in [5.41, 5.74) is 2.53. The van der Waals surface area contributed by atoms with Gasteiger partial charge in [-0.05, 0) is 37.0 Å². The predicted molar refractivity (Wildman–Crippen MR) is 91.6 cm³/mol. The fraction of sp³-hybridized carbons (Fsp3) is 0.389. The second-order valence-corrected chi connectivity index (χ2v) is 5.55. The molecule has 23 heavy (non-hydrogen) atoms. The number of benzene rings is 1. The van der Waals surface area contributed by atoms with E-state index in [0.717, 1.165) is 37.1 Å². The molecule has 0 spiro atoms. The number of aryl methyl sites for hydroxylation is 2. The molecule has 5 heteroatoms. The number of hydrogen-bond acceptors (Lipinski definition) is 3.